The summed E-state index contributed by atoms with van der Waals surface area (Å²) < 4.78 is 2.00. The summed E-state index contributed by atoms with van der Waals surface area (Å²) >= 11 is 0. The molecule has 2 N–H and O–H groups in total. The minimum atomic E-state index is -0.730. The molecule has 156 valence electrons. The van der Waals surface area contributed by atoms with Crippen molar-refractivity contribution in [1.82, 2.24) is 19.8 Å². The Morgan fingerprint density at radius 2 is 2.00 bits per heavy atom. The van der Waals surface area contributed by atoms with Gasteiger partial charge in [0.2, 0.25) is 0 Å². The van der Waals surface area contributed by atoms with E-state index in [-0.39, 0.29) is 5.91 Å². The molecule has 4 rings (SSSR count). The number of nitrogens with one attached hydrogen (secondary N) is 1. The fourth-order valence-electron chi connectivity index (χ4n) is 3.78. The molecule has 1 aliphatic carbocycles. The molecule has 1 fully saturated rings. The van der Waals surface area contributed by atoms with Crippen molar-refractivity contribution in [1.29, 1.82) is 0 Å². The number of hydrogen-bond donors (Lipinski definition) is 2. The van der Waals surface area contributed by atoms with Crippen molar-refractivity contribution in [3.05, 3.63) is 66.6 Å². The average Bonchev–Trinajstić information content (AvgIpc) is 3.41. The van der Waals surface area contributed by atoms with Gasteiger partial charge in [-0.3, -0.25) is 4.79 Å². The molecule has 0 bridgehead atoms. The van der Waals surface area contributed by atoms with E-state index in [9.17, 15) is 9.90 Å². The third kappa shape index (κ3) is 3.83. The SMILES string of the molecule is C=C(N(CC)CCNC(=O)c1ccc(-c2cccc3c2ncn3C)cc1)C1(O)CC1. The van der Waals surface area contributed by atoms with Crippen LogP contribution in [0, 0.1) is 0 Å². The lowest BCUT2D eigenvalue weighted by molar-refractivity contribution is 0.0947. The number of likely N-dealkylation sites (N-methyl/N-ethyl adjacent to an activating group) is 1. The number of amides is 1. The first kappa shape index (κ1) is 20.2. The van der Waals surface area contributed by atoms with E-state index in [1.165, 1.54) is 0 Å². The number of rotatable bonds is 8. The van der Waals surface area contributed by atoms with Gasteiger partial charge in [0, 0.05) is 43.5 Å². The molecule has 2 aromatic carbocycles. The normalized spacial score (nSPS) is 14.5. The smallest absolute Gasteiger partial charge is 0.251 e. The van der Waals surface area contributed by atoms with Crippen LogP contribution in [0.4, 0.5) is 0 Å². The number of aryl methyl sites for hydroxylation is 1. The van der Waals surface area contributed by atoms with Crippen LogP contribution in [0.25, 0.3) is 22.2 Å². The molecule has 0 radical (unpaired) electrons. The van der Waals surface area contributed by atoms with E-state index >= 15 is 0 Å². The molecule has 1 saturated carbocycles. The van der Waals surface area contributed by atoms with Gasteiger partial charge < -0.3 is 19.9 Å². The zero-order valence-corrected chi connectivity index (χ0v) is 17.6. The van der Waals surface area contributed by atoms with Gasteiger partial charge in [0.25, 0.3) is 5.91 Å². The van der Waals surface area contributed by atoms with E-state index in [1.807, 2.05) is 72.2 Å². The van der Waals surface area contributed by atoms with Crippen LogP contribution in [0.5, 0.6) is 0 Å². The van der Waals surface area contributed by atoms with Crippen LogP contribution < -0.4 is 5.32 Å². The van der Waals surface area contributed by atoms with Gasteiger partial charge in [0.15, 0.2) is 0 Å². The van der Waals surface area contributed by atoms with E-state index in [0.717, 1.165) is 47.2 Å². The Morgan fingerprint density at radius 1 is 1.27 bits per heavy atom. The summed E-state index contributed by atoms with van der Waals surface area (Å²) in [6, 6.07) is 13.7. The monoisotopic (exact) mass is 404 g/mol. The molecule has 0 atom stereocenters. The maximum absolute atomic E-state index is 12.5. The second-order valence-electron chi connectivity index (χ2n) is 7.92. The van der Waals surface area contributed by atoms with Gasteiger partial charge >= 0.3 is 0 Å². The van der Waals surface area contributed by atoms with Gasteiger partial charge in [0.1, 0.15) is 5.60 Å². The number of aromatic nitrogens is 2. The highest BCUT2D eigenvalue weighted by Crippen LogP contribution is 2.42. The van der Waals surface area contributed by atoms with E-state index in [1.54, 1.807) is 0 Å². The molecular weight excluding hydrogens is 376 g/mol. The van der Waals surface area contributed by atoms with Crippen LogP contribution in [-0.4, -0.2) is 50.7 Å². The van der Waals surface area contributed by atoms with Gasteiger partial charge in [-0.1, -0.05) is 30.8 Å². The lowest BCUT2D eigenvalue weighted by Gasteiger charge is -2.28. The highest BCUT2D eigenvalue weighted by atomic mass is 16.3. The zero-order valence-electron chi connectivity index (χ0n) is 17.6. The van der Waals surface area contributed by atoms with Crippen LogP contribution in [0.1, 0.15) is 30.1 Å². The van der Waals surface area contributed by atoms with Gasteiger partial charge in [-0.05, 0) is 43.5 Å². The highest BCUT2D eigenvalue weighted by molar-refractivity contribution is 5.96. The zero-order chi connectivity index (χ0) is 21.3. The topological polar surface area (TPSA) is 70.4 Å². The van der Waals surface area contributed by atoms with Crippen LogP contribution in [0.3, 0.4) is 0 Å². The fourth-order valence-corrected chi connectivity index (χ4v) is 3.78. The summed E-state index contributed by atoms with van der Waals surface area (Å²) in [5.74, 6) is -0.107. The number of carbonyl (C=O) groups excluding carboxylic acids is 1. The maximum atomic E-state index is 12.5. The second kappa shape index (κ2) is 7.95. The summed E-state index contributed by atoms with van der Waals surface area (Å²) in [7, 11) is 1.98. The number of nitrogens with zero attached hydrogens (tertiary/aromatic N) is 3. The molecular formula is C24H28N4O2. The third-order valence-corrected chi connectivity index (χ3v) is 5.90. The Balaban J connectivity index is 1.39. The summed E-state index contributed by atoms with van der Waals surface area (Å²) in [6.45, 7) is 7.94. The van der Waals surface area contributed by atoms with Crippen molar-refractivity contribution in [2.24, 2.45) is 7.05 Å². The molecule has 0 spiro atoms. The first-order valence-electron chi connectivity index (χ1n) is 10.4. The molecule has 1 heterocycles. The fraction of sp³-hybridized carbons (Fsp3) is 0.333. The summed E-state index contributed by atoms with van der Waals surface area (Å²) in [5, 5.41) is 13.2. The molecule has 6 heteroatoms. The van der Waals surface area contributed by atoms with Crippen LogP contribution in [0.15, 0.2) is 61.1 Å². The summed E-state index contributed by atoms with van der Waals surface area (Å²) in [4.78, 5) is 19.1. The molecule has 6 nitrogen and oxygen atoms in total. The molecule has 3 aromatic rings. The van der Waals surface area contributed by atoms with Crippen molar-refractivity contribution in [3.8, 4) is 11.1 Å². The average molecular weight is 405 g/mol. The number of carbonyl (C=O) groups is 1. The Bertz CT molecular complexity index is 1080. The number of fused-ring (bicyclic) bond motifs is 1. The standard InChI is InChI=1S/C24H28N4O2/c1-4-28(17(2)24(30)12-13-24)15-14-25-23(29)19-10-8-18(9-11-19)20-6-5-7-21-22(20)26-16-27(21)3/h5-11,16,30H,2,4,12-15H2,1,3H3,(H,25,29). The van der Waals surface area contributed by atoms with E-state index in [4.69, 9.17) is 0 Å². The Labute approximate surface area is 176 Å². The Kier molecular flexibility index (Phi) is 5.35. The quantitative estimate of drug-likeness (QED) is 0.604. The van der Waals surface area contributed by atoms with Gasteiger partial charge in [0.05, 0.1) is 17.4 Å². The minimum absolute atomic E-state index is 0.107. The Morgan fingerprint density at radius 3 is 2.67 bits per heavy atom. The van der Waals surface area contributed by atoms with Crippen molar-refractivity contribution < 1.29 is 9.90 Å². The van der Waals surface area contributed by atoms with E-state index in [2.05, 4.69) is 16.9 Å². The Hall–Kier alpha value is -3.12. The van der Waals surface area contributed by atoms with Crippen LogP contribution in [0.2, 0.25) is 0 Å². The highest BCUT2D eigenvalue weighted by Gasteiger charge is 2.44. The largest absolute Gasteiger partial charge is 0.384 e. The molecule has 1 aromatic heterocycles. The first-order chi connectivity index (χ1) is 14.4. The van der Waals surface area contributed by atoms with Crippen LogP contribution >= 0.6 is 0 Å². The summed E-state index contributed by atoms with van der Waals surface area (Å²) in [6.07, 6.45) is 3.35. The molecule has 0 aliphatic heterocycles. The van der Waals surface area contributed by atoms with Gasteiger partial charge in [-0.2, -0.15) is 0 Å². The number of benzene rings is 2. The molecule has 1 amide bonds. The number of hydrogen-bond acceptors (Lipinski definition) is 4. The predicted molar refractivity (Wildman–Crippen MR) is 119 cm³/mol. The molecule has 30 heavy (non-hydrogen) atoms. The van der Waals surface area contributed by atoms with Crippen molar-refractivity contribution in [2.75, 3.05) is 19.6 Å². The third-order valence-electron chi connectivity index (χ3n) is 5.90. The molecule has 0 unspecified atom stereocenters. The van der Waals surface area contributed by atoms with Crippen molar-refractivity contribution >= 4 is 16.9 Å². The van der Waals surface area contributed by atoms with Gasteiger partial charge in [-0.25, -0.2) is 4.98 Å². The predicted octanol–water partition coefficient (Wildman–Crippen LogP) is 3.33. The van der Waals surface area contributed by atoms with Crippen LogP contribution in [-0.2, 0) is 7.05 Å². The van der Waals surface area contributed by atoms with Crippen molar-refractivity contribution in [3.63, 3.8) is 0 Å². The lowest BCUT2D eigenvalue weighted by Crippen LogP contribution is -2.37. The number of para-hydroxylation sites is 1. The lowest BCUT2D eigenvalue weighted by atomic mass is 10.0. The molecule has 0 saturated heterocycles. The number of imidazole rings is 1. The van der Waals surface area contributed by atoms with E-state index < -0.39 is 5.60 Å². The summed E-state index contributed by atoms with van der Waals surface area (Å²) in [5.41, 5.74) is 4.76. The minimum Gasteiger partial charge on any atom is -0.384 e. The van der Waals surface area contributed by atoms with Crippen molar-refractivity contribution in [2.45, 2.75) is 25.4 Å². The second-order valence-corrected chi connectivity index (χ2v) is 7.92. The maximum Gasteiger partial charge on any atom is 0.251 e. The molecule has 1 aliphatic rings. The first-order valence-corrected chi connectivity index (χ1v) is 10.4. The van der Waals surface area contributed by atoms with Gasteiger partial charge in [-0.15, -0.1) is 0 Å². The number of aliphatic hydroxyl groups is 1. The van der Waals surface area contributed by atoms with E-state index in [0.29, 0.717) is 18.7 Å².